The van der Waals surface area contributed by atoms with E-state index in [4.69, 9.17) is 5.26 Å². The molecule has 1 aromatic carbocycles. The van der Waals surface area contributed by atoms with Gasteiger partial charge in [0.05, 0.1) is 12.5 Å². The van der Waals surface area contributed by atoms with Gasteiger partial charge in [0.1, 0.15) is 0 Å². The van der Waals surface area contributed by atoms with Crippen LogP contribution in [0.25, 0.3) is 0 Å². The maximum Gasteiger partial charge on any atom is 0.0669 e. The van der Waals surface area contributed by atoms with Gasteiger partial charge in [-0.1, -0.05) is 25.5 Å². The zero-order valence-corrected chi connectivity index (χ0v) is 9.74. The summed E-state index contributed by atoms with van der Waals surface area (Å²) in [7, 11) is 0. The molecule has 1 aliphatic carbocycles. The molecule has 1 N–H and O–H groups in total. The van der Waals surface area contributed by atoms with Crippen LogP contribution in [0.1, 0.15) is 31.7 Å². The molecule has 84 valence electrons. The van der Waals surface area contributed by atoms with Crippen LogP contribution in [0.15, 0.2) is 24.3 Å². The molecule has 1 saturated carbocycles. The van der Waals surface area contributed by atoms with Gasteiger partial charge in [0, 0.05) is 11.7 Å². The highest BCUT2D eigenvalue weighted by Crippen LogP contribution is 2.27. The van der Waals surface area contributed by atoms with Crippen molar-refractivity contribution in [2.24, 2.45) is 5.92 Å². The Hall–Kier alpha value is -1.49. The van der Waals surface area contributed by atoms with E-state index in [0.29, 0.717) is 12.5 Å². The lowest BCUT2D eigenvalue weighted by Crippen LogP contribution is -2.21. The fraction of sp³-hybridized carbons (Fsp3) is 0.500. The summed E-state index contributed by atoms with van der Waals surface area (Å²) in [5, 5.41) is 12.2. The van der Waals surface area contributed by atoms with E-state index >= 15 is 0 Å². The van der Waals surface area contributed by atoms with Crippen LogP contribution in [0.3, 0.4) is 0 Å². The summed E-state index contributed by atoms with van der Waals surface area (Å²) in [5.74, 6) is 0.777. The molecule has 2 heteroatoms. The van der Waals surface area contributed by atoms with Crippen molar-refractivity contribution in [3.8, 4) is 6.07 Å². The van der Waals surface area contributed by atoms with Gasteiger partial charge in [-0.3, -0.25) is 0 Å². The summed E-state index contributed by atoms with van der Waals surface area (Å²) in [6.07, 6.45) is 4.46. The van der Waals surface area contributed by atoms with Gasteiger partial charge in [-0.15, -0.1) is 0 Å². The van der Waals surface area contributed by atoms with E-state index in [0.717, 1.165) is 11.5 Å². The molecule has 0 bridgehead atoms. The van der Waals surface area contributed by atoms with Crippen LogP contribution in [-0.2, 0) is 6.42 Å². The van der Waals surface area contributed by atoms with Crippen LogP contribution < -0.4 is 5.32 Å². The average molecular weight is 214 g/mol. The number of nitrogens with one attached hydrogen (secondary N) is 1. The summed E-state index contributed by atoms with van der Waals surface area (Å²) >= 11 is 0. The van der Waals surface area contributed by atoms with Gasteiger partial charge in [0.2, 0.25) is 0 Å². The molecule has 0 spiro atoms. The lowest BCUT2D eigenvalue weighted by atomic mass is 10.1. The first-order chi connectivity index (χ1) is 7.79. The van der Waals surface area contributed by atoms with E-state index in [2.05, 4.69) is 30.4 Å². The number of benzene rings is 1. The van der Waals surface area contributed by atoms with Crippen LogP contribution in [0, 0.1) is 17.2 Å². The van der Waals surface area contributed by atoms with Crippen LogP contribution in [-0.4, -0.2) is 6.04 Å². The largest absolute Gasteiger partial charge is 0.382 e. The van der Waals surface area contributed by atoms with Gasteiger partial charge >= 0.3 is 0 Å². The van der Waals surface area contributed by atoms with Crippen LogP contribution in [0.2, 0.25) is 0 Å². The lowest BCUT2D eigenvalue weighted by Gasteiger charge is -2.18. The Bertz CT molecular complexity index is 375. The van der Waals surface area contributed by atoms with E-state index in [1.807, 2.05) is 12.1 Å². The van der Waals surface area contributed by atoms with Crippen molar-refractivity contribution in [3.05, 3.63) is 29.8 Å². The van der Waals surface area contributed by atoms with Crippen molar-refractivity contribution in [3.63, 3.8) is 0 Å². The fourth-order valence-corrected chi connectivity index (χ4v) is 2.38. The molecule has 2 rings (SSSR count). The summed E-state index contributed by atoms with van der Waals surface area (Å²) in [4.78, 5) is 0. The number of nitriles is 1. The number of hydrogen-bond acceptors (Lipinski definition) is 2. The number of rotatable bonds is 3. The molecule has 1 aromatic rings. The van der Waals surface area contributed by atoms with Gasteiger partial charge < -0.3 is 5.32 Å². The zero-order chi connectivity index (χ0) is 11.4. The minimum absolute atomic E-state index is 0.500. The third-order valence-corrected chi connectivity index (χ3v) is 3.45. The van der Waals surface area contributed by atoms with Gasteiger partial charge in [-0.05, 0) is 36.5 Å². The van der Waals surface area contributed by atoms with E-state index in [1.165, 1.54) is 24.9 Å². The molecule has 1 fully saturated rings. The van der Waals surface area contributed by atoms with E-state index in [1.54, 1.807) is 0 Å². The third-order valence-electron chi connectivity index (χ3n) is 3.45. The second-order valence-corrected chi connectivity index (χ2v) is 4.69. The summed E-state index contributed by atoms with van der Waals surface area (Å²) < 4.78 is 0. The van der Waals surface area contributed by atoms with Gasteiger partial charge in [0.15, 0.2) is 0 Å². The monoisotopic (exact) mass is 214 g/mol. The van der Waals surface area contributed by atoms with Crippen molar-refractivity contribution in [2.75, 3.05) is 5.32 Å². The molecule has 0 aromatic heterocycles. The van der Waals surface area contributed by atoms with Gasteiger partial charge in [-0.2, -0.15) is 5.26 Å². The molecule has 0 radical (unpaired) electrons. The molecular formula is C14H18N2. The standard InChI is InChI=1S/C14H18N2/c1-11-3-2-4-14(11)16-13-7-5-12(6-8-13)9-10-15/h5-8,11,14,16H,2-4,9H2,1H3. The second-order valence-electron chi connectivity index (χ2n) is 4.69. The summed E-state index contributed by atoms with van der Waals surface area (Å²) in [6, 6.07) is 11.0. The van der Waals surface area contributed by atoms with E-state index in [-0.39, 0.29) is 0 Å². The first-order valence-corrected chi connectivity index (χ1v) is 6.02. The van der Waals surface area contributed by atoms with Crippen molar-refractivity contribution in [1.29, 1.82) is 5.26 Å². The molecule has 0 heterocycles. The van der Waals surface area contributed by atoms with Crippen LogP contribution >= 0.6 is 0 Å². The molecule has 2 atom stereocenters. The number of nitrogens with zero attached hydrogens (tertiary/aromatic N) is 1. The number of hydrogen-bond donors (Lipinski definition) is 1. The zero-order valence-electron chi connectivity index (χ0n) is 9.74. The summed E-state index contributed by atoms with van der Waals surface area (Å²) in [5.41, 5.74) is 2.27. The van der Waals surface area contributed by atoms with Crippen molar-refractivity contribution in [2.45, 2.75) is 38.6 Å². The molecule has 1 aliphatic rings. The minimum Gasteiger partial charge on any atom is -0.382 e. The Balaban J connectivity index is 1.97. The molecule has 0 aliphatic heterocycles. The highest BCUT2D eigenvalue weighted by molar-refractivity contribution is 5.46. The Morgan fingerprint density at radius 1 is 1.31 bits per heavy atom. The maximum absolute atomic E-state index is 8.59. The van der Waals surface area contributed by atoms with Crippen molar-refractivity contribution < 1.29 is 0 Å². The Morgan fingerprint density at radius 2 is 2.06 bits per heavy atom. The lowest BCUT2D eigenvalue weighted by molar-refractivity contribution is 0.556. The van der Waals surface area contributed by atoms with Gasteiger partial charge in [0.25, 0.3) is 0 Å². The highest BCUT2D eigenvalue weighted by Gasteiger charge is 2.22. The topological polar surface area (TPSA) is 35.8 Å². The Kier molecular flexibility index (Phi) is 3.46. The Morgan fingerprint density at radius 3 is 2.62 bits per heavy atom. The van der Waals surface area contributed by atoms with Crippen molar-refractivity contribution in [1.82, 2.24) is 0 Å². The molecule has 16 heavy (non-hydrogen) atoms. The molecule has 2 nitrogen and oxygen atoms in total. The molecular weight excluding hydrogens is 196 g/mol. The van der Waals surface area contributed by atoms with Crippen LogP contribution in [0.4, 0.5) is 5.69 Å². The fourth-order valence-electron chi connectivity index (χ4n) is 2.38. The quantitative estimate of drug-likeness (QED) is 0.837. The normalized spacial score (nSPS) is 24.0. The third kappa shape index (κ3) is 2.55. The molecule has 0 saturated heterocycles. The molecule has 2 unspecified atom stereocenters. The highest BCUT2D eigenvalue weighted by atomic mass is 14.9. The van der Waals surface area contributed by atoms with Gasteiger partial charge in [-0.25, -0.2) is 0 Å². The predicted molar refractivity (Wildman–Crippen MR) is 66.2 cm³/mol. The van der Waals surface area contributed by atoms with E-state index < -0.39 is 0 Å². The average Bonchev–Trinajstić information content (AvgIpc) is 2.68. The second kappa shape index (κ2) is 5.03. The molecule has 0 amide bonds. The minimum atomic E-state index is 0.500. The van der Waals surface area contributed by atoms with Crippen molar-refractivity contribution >= 4 is 5.69 Å². The smallest absolute Gasteiger partial charge is 0.0669 e. The SMILES string of the molecule is CC1CCCC1Nc1ccc(CC#N)cc1. The number of anilines is 1. The first kappa shape index (κ1) is 11.0. The summed E-state index contributed by atoms with van der Waals surface area (Å²) in [6.45, 7) is 2.31. The predicted octanol–water partition coefficient (Wildman–Crippen LogP) is 3.35. The van der Waals surface area contributed by atoms with E-state index in [9.17, 15) is 0 Å². The van der Waals surface area contributed by atoms with Crippen LogP contribution in [0.5, 0.6) is 0 Å². The first-order valence-electron chi connectivity index (χ1n) is 6.02. The Labute approximate surface area is 97.3 Å². The maximum atomic E-state index is 8.59.